The average molecular weight is 675 g/mol. The number of halogens is 1. The number of aromatic nitrogens is 3. The Morgan fingerprint density at radius 2 is 1.84 bits per heavy atom. The summed E-state index contributed by atoms with van der Waals surface area (Å²) in [6, 6.07) is 8.23. The number of hydrogen-bond acceptors (Lipinski definition) is 8. The van der Waals surface area contributed by atoms with Crippen molar-refractivity contribution in [1.82, 2.24) is 29.3 Å². The van der Waals surface area contributed by atoms with Gasteiger partial charge in [-0.25, -0.2) is 13.6 Å². The van der Waals surface area contributed by atoms with Gasteiger partial charge in [-0.15, -0.1) is 6.57 Å². The summed E-state index contributed by atoms with van der Waals surface area (Å²) in [5.74, 6) is -0.238. The summed E-state index contributed by atoms with van der Waals surface area (Å²) >= 11 is 0. The summed E-state index contributed by atoms with van der Waals surface area (Å²) in [6.45, 7) is 26.0. The maximum absolute atomic E-state index is 14.5. The molecule has 1 aromatic carbocycles. The number of benzene rings is 1. The third-order valence-corrected chi connectivity index (χ3v) is 9.78. The van der Waals surface area contributed by atoms with Crippen LogP contribution in [0.2, 0.25) is 0 Å². The number of piperazine rings is 1. The maximum Gasteiger partial charge on any atom is 0.410 e. The van der Waals surface area contributed by atoms with Crippen LogP contribution in [0, 0.1) is 12.4 Å². The van der Waals surface area contributed by atoms with E-state index in [4.69, 9.17) is 16.0 Å². The lowest BCUT2D eigenvalue weighted by Gasteiger charge is -2.47. The second-order valence-electron chi connectivity index (χ2n) is 15.3. The number of anilines is 1. The molecule has 3 aliphatic rings. The quantitative estimate of drug-likeness (QED) is 0.348. The lowest BCUT2D eigenvalue weighted by molar-refractivity contribution is -0.121. The summed E-state index contributed by atoms with van der Waals surface area (Å²) in [5, 5.41) is 8.58. The number of nitrogens with zero attached hydrogens (tertiary/aromatic N) is 8. The van der Waals surface area contributed by atoms with E-state index in [1.165, 1.54) is 12.1 Å². The highest BCUT2D eigenvalue weighted by Gasteiger charge is 2.45. The fourth-order valence-corrected chi connectivity index (χ4v) is 7.37. The van der Waals surface area contributed by atoms with Crippen LogP contribution in [0.15, 0.2) is 30.3 Å². The first kappa shape index (κ1) is 34.7. The molecule has 0 N–H and O–H groups in total. The molecular weight excluding hydrogens is 627 g/mol. The molecule has 12 nitrogen and oxygen atoms in total. The highest BCUT2D eigenvalue weighted by molar-refractivity contribution is 5.98. The standard InChI is InChI=1S/C36H47FN8O4/c1-23-17-42(28(18-41-13-14-48-21-24(41)2)19-43(23)34(47)49-35(3,4)5)20-30(46)44-22-36(6,7)31-29(44)16-26(15-25-9-11-27(37)12-10-25)32-39-40-33(38-8)45(31)32/h9-12,16,23-24,28H,13-15,17-22H2,1-7H3/t23-,24-,28+/m1/s1. The van der Waals surface area contributed by atoms with Crippen LogP contribution in [-0.2, 0) is 26.1 Å². The highest BCUT2D eigenvalue weighted by Crippen LogP contribution is 2.43. The predicted molar refractivity (Wildman–Crippen MR) is 183 cm³/mol. The molecule has 0 aliphatic carbocycles. The van der Waals surface area contributed by atoms with Gasteiger partial charge in [-0.05, 0) is 63.5 Å². The number of ether oxygens (including phenoxy) is 2. The van der Waals surface area contributed by atoms with Gasteiger partial charge >= 0.3 is 12.0 Å². The molecular formula is C36H47FN8O4. The van der Waals surface area contributed by atoms with E-state index >= 15 is 0 Å². The smallest absolute Gasteiger partial charge is 0.410 e. The van der Waals surface area contributed by atoms with Gasteiger partial charge < -0.3 is 24.1 Å². The maximum atomic E-state index is 14.5. The minimum Gasteiger partial charge on any atom is -0.444 e. The SMILES string of the molecule is [C-]#[N+]c1nnc2c(Cc3ccc(F)cc3)cc3c(n12)C(C)(C)CN3C(=O)CN1C[C@@H](C)N(C(=O)OC(C)(C)C)C[C@@H]1CN1CCOC[C@H]1C. The van der Waals surface area contributed by atoms with Crippen LogP contribution in [0.5, 0.6) is 0 Å². The zero-order valence-corrected chi connectivity index (χ0v) is 29.6. The van der Waals surface area contributed by atoms with E-state index in [1.54, 1.807) is 21.4 Å². The van der Waals surface area contributed by atoms with E-state index in [2.05, 4.69) is 45.6 Å². The van der Waals surface area contributed by atoms with Crippen LogP contribution in [-0.4, -0.2) is 118 Å². The van der Waals surface area contributed by atoms with Crippen LogP contribution < -0.4 is 4.90 Å². The van der Waals surface area contributed by atoms with Gasteiger partial charge in [0.2, 0.25) is 11.6 Å². The van der Waals surface area contributed by atoms with E-state index in [1.807, 2.05) is 38.7 Å². The Morgan fingerprint density at radius 3 is 2.51 bits per heavy atom. The normalized spacial score (nSPS) is 23.0. The fraction of sp³-hybridized carbons (Fsp3) is 0.583. The third kappa shape index (κ3) is 7.13. The summed E-state index contributed by atoms with van der Waals surface area (Å²) in [4.78, 5) is 39.7. The Morgan fingerprint density at radius 1 is 1.10 bits per heavy atom. The van der Waals surface area contributed by atoms with E-state index < -0.39 is 11.0 Å². The average Bonchev–Trinajstić information content (AvgIpc) is 3.57. The molecule has 2 amide bonds. The summed E-state index contributed by atoms with van der Waals surface area (Å²) in [6.07, 6.45) is 0.0862. The van der Waals surface area contributed by atoms with Crippen LogP contribution in [0.3, 0.4) is 0 Å². The second-order valence-corrected chi connectivity index (χ2v) is 15.3. The zero-order chi connectivity index (χ0) is 35.2. The highest BCUT2D eigenvalue weighted by atomic mass is 19.1. The molecule has 5 heterocycles. The minimum atomic E-state index is -0.618. The molecule has 0 saturated carbocycles. The summed E-state index contributed by atoms with van der Waals surface area (Å²) in [5.41, 5.74) is 2.66. The number of amides is 2. The lowest BCUT2D eigenvalue weighted by atomic mass is 9.90. The van der Waals surface area contributed by atoms with Crippen LogP contribution in [0.25, 0.3) is 10.5 Å². The number of rotatable bonds is 6. The van der Waals surface area contributed by atoms with Crippen molar-refractivity contribution < 1.29 is 23.5 Å². The van der Waals surface area contributed by atoms with Gasteiger partial charge in [-0.2, -0.15) is 0 Å². The monoisotopic (exact) mass is 674 g/mol. The van der Waals surface area contributed by atoms with Crippen molar-refractivity contribution in [3.05, 3.63) is 64.4 Å². The fourth-order valence-electron chi connectivity index (χ4n) is 7.37. The zero-order valence-electron chi connectivity index (χ0n) is 29.6. The molecule has 3 aliphatic heterocycles. The Hall–Kier alpha value is -4.12. The van der Waals surface area contributed by atoms with Crippen molar-refractivity contribution in [3.63, 3.8) is 0 Å². The van der Waals surface area contributed by atoms with Crippen molar-refractivity contribution in [2.45, 2.75) is 84.0 Å². The molecule has 0 bridgehead atoms. The first-order valence-corrected chi connectivity index (χ1v) is 17.0. The Kier molecular flexibility index (Phi) is 9.43. The Bertz CT molecular complexity index is 1760. The molecule has 0 unspecified atom stereocenters. The van der Waals surface area contributed by atoms with Gasteiger partial charge in [0.25, 0.3) is 0 Å². The van der Waals surface area contributed by atoms with Crippen LogP contribution >= 0.6 is 0 Å². The summed E-state index contributed by atoms with van der Waals surface area (Å²) < 4.78 is 27.0. The number of morpholine rings is 1. The molecule has 3 aromatic rings. The van der Waals surface area contributed by atoms with Crippen molar-refractivity contribution in [1.29, 1.82) is 0 Å². The van der Waals surface area contributed by atoms with E-state index in [-0.39, 0.29) is 48.4 Å². The second kappa shape index (κ2) is 13.3. The molecule has 0 spiro atoms. The Balaban J connectivity index is 1.32. The molecule has 0 radical (unpaired) electrons. The molecule has 3 atom stereocenters. The van der Waals surface area contributed by atoms with E-state index in [0.717, 1.165) is 29.1 Å². The van der Waals surface area contributed by atoms with Crippen molar-refractivity contribution in [3.8, 4) is 0 Å². The number of hydrogen-bond donors (Lipinski definition) is 0. The summed E-state index contributed by atoms with van der Waals surface area (Å²) in [7, 11) is 0. The van der Waals surface area contributed by atoms with Gasteiger partial charge in [0.1, 0.15) is 17.1 Å². The molecule has 2 aromatic heterocycles. The van der Waals surface area contributed by atoms with E-state index in [9.17, 15) is 14.0 Å². The first-order chi connectivity index (χ1) is 23.1. The topological polar surface area (TPSA) is 100 Å². The number of carbonyl (C=O) groups is 2. The minimum absolute atomic E-state index is 0.0608. The molecule has 262 valence electrons. The molecule has 2 saturated heterocycles. The van der Waals surface area contributed by atoms with Gasteiger partial charge in [-0.3, -0.25) is 14.6 Å². The van der Waals surface area contributed by atoms with E-state index in [0.29, 0.717) is 51.5 Å². The molecule has 13 heteroatoms. The van der Waals surface area contributed by atoms with Gasteiger partial charge in [0, 0.05) is 68.2 Å². The first-order valence-electron chi connectivity index (χ1n) is 17.0. The largest absolute Gasteiger partial charge is 0.444 e. The van der Waals surface area contributed by atoms with Crippen molar-refractivity contribution in [2.24, 2.45) is 0 Å². The third-order valence-electron chi connectivity index (χ3n) is 9.78. The van der Waals surface area contributed by atoms with Crippen molar-refractivity contribution in [2.75, 3.05) is 57.4 Å². The molecule has 2 fully saturated rings. The van der Waals surface area contributed by atoms with Gasteiger partial charge in [0.05, 0.1) is 25.4 Å². The lowest BCUT2D eigenvalue weighted by Crippen LogP contribution is -2.64. The molecule has 49 heavy (non-hydrogen) atoms. The Labute approximate surface area is 287 Å². The number of carbonyl (C=O) groups excluding carboxylic acids is 2. The number of pyridine rings is 1. The van der Waals surface area contributed by atoms with Crippen LogP contribution in [0.4, 0.5) is 20.8 Å². The molecule has 6 rings (SSSR count). The predicted octanol–water partition coefficient (Wildman–Crippen LogP) is 4.66. The number of fused-ring (bicyclic) bond motifs is 3. The van der Waals surface area contributed by atoms with Crippen LogP contribution in [0.1, 0.15) is 65.3 Å². The van der Waals surface area contributed by atoms with Crippen molar-refractivity contribution >= 4 is 29.3 Å². The van der Waals surface area contributed by atoms with Gasteiger partial charge in [-0.1, -0.05) is 31.1 Å². The van der Waals surface area contributed by atoms with Gasteiger partial charge in [0.15, 0.2) is 0 Å².